The molecule has 0 bridgehead atoms. The molecule has 0 radical (unpaired) electrons. The molecule has 2 aliphatic heterocycles. The molecule has 0 saturated carbocycles. The van der Waals surface area contributed by atoms with E-state index >= 15 is 0 Å². The van der Waals surface area contributed by atoms with Gasteiger partial charge in [0.2, 0.25) is 0 Å². The van der Waals surface area contributed by atoms with Gasteiger partial charge >= 0.3 is 6.09 Å². The number of amides is 1. The lowest BCUT2D eigenvalue weighted by molar-refractivity contribution is -0.105. The van der Waals surface area contributed by atoms with Crippen LogP contribution in [0, 0.1) is 5.41 Å². The Labute approximate surface area is 172 Å². The zero-order chi connectivity index (χ0) is 20.9. The number of nitrogens with zero attached hydrogens (tertiary/aromatic N) is 1. The molecule has 3 rings (SSSR count). The summed E-state index contributed by atoms with van der Waals surface area (Å²) in [4.78, 5) is 13.7. The third-order valence-corrected chi connectivity index (χ3v) is 4.64. The molecule has 0 aliphatic carbocycles. The van der Waals surface area contributed by atoms with Gasteiger partial charge < -0.3 is 24.9 Å². The summed E-state index contributed by atoms with van der Waals surface area (Å²) >= 11 is 0. The molecule has 0 spiro atoms. The number of likely N-dealkylation sites (tertiary alicyclic amines) is 1. The van der Waals surface area contributed by atoms with Crippen LogP contribution in [-0.2, 0) is 16.0 Å². The Hall–Kier alpha value is -2.54. The first-order valence-electron chi connectivity index (χ1n) is 10.2. The Kier molecular flexibility index (Phi) is 6.79. The monoisotopic (exact) mass is 401 g/mol. The number of carbonyl (C=O) groups excluding carboxylic acids is 1. The third kappa shape index (κ3) is 6.49. The summed E-state index contributed by atoms with van der Waals surface area (Å²) in [6.07, 6.45) is 4.41. The van der Waals surface area contributed by atoms with Crippen LogP contribution in [0.2, 0.25) is 0 Å². The van der Waals surface area contributed by atoms with Gasteiger partial charge in [-0.3, -0.25) is 4.90 Å². The number of benzene rings is 1. The van der Waals surface area contributed by atoms with Crippen molar-refractivity contribution < 1.29 is 19.0 Å². The average molecular weight is 402 g/mol. The van der Waals surface area contributed by atoms with Gasteiger partial charge in [0.05, 0.1) is 25.4 Å². The topological polar surface area (TPSA) is 83.9 Å². The Morgan fingerprint density at radius 3 is 2.90 bits per heavy atom. The molecule has 2 fully saturated rings. The number of carbonyl (C=O) groups is 1. The van der Waals surface area contributed by atoms with Crippen LogP contribution in [0.1, 0.15) is 45.6 Å². The van der Waals surface area contributed by atoms with Crippen LogP contribution in [0.3, 0.4) is 0 Å². The molecule has 2 N–H and O–H groups in total. The number of ether oxygens (including phenoxy) is 3. The van der Waals surface area contributed by atoms with E-state index < -0.39 is 5.60 Å². The fourth-order valence-electron chi connectivity index (χ4n) is 3.21. The number of hydrogen-bond donors (Lipinski definition) is 2. The van der Waals surface area contributed by atoms with E-state index in [1.54, 1.807) is 4.90 Å². The Balaban J connectivity index is 1.51. The summed E-state index contributed by atoms with van der Waals surface area (Å²) in [6, 6.07) is 7.92. The van der Waals surface area contributed by atoms with E-state index in [4.69, 9.17) is 19.6 Å². The molecule has 1 aromatic carbocycles. The van der Waals surface area contributed by atoms with Gasteiger partial charge in [-0.15, -0.1) is 0 Å². The Morgan fingerprint density at radius 1 is 1.34 bits per heavy atom. The number of hydrogen-bond acceptors (Lipinski definition) is 6. The predicted molar refractivity (Wildman–Crippen MR) is 111 cm³/mol. The van der Waals surface area contributed by atoms with Crippen LogP contribution in [0.25, 0.3) is 0 Å². The van der Waals surface area contributed by atoms with Gasteiger partial charge in [-0.1, -0.05) is 12.1 Å². The zero-order valence-electron chi connectivity index (χ0n) is 17.5. The smallest absolute Gasteiger partial charge is 0.410 e. The quantitative estimate of drug-likeness (QED) is 0.783. The van der Waals surface area contributed by atoms with Gasteiger partial charge in [-0.25, -0.2) is 4.79 Å². The van der Waals surface area contributed by atoms with E-state index in [0.717, 1.165) is 42.8 Å². The van der Waals surface area contributed by atoms with Gasteiger partial charge in [0.25, 0.3) is 0 Å². The highest BCUT2D eigenvalue weighted by Gasteiger charge is 2.29. The van der Waals surface area contributed by atoms with Crippen LogP contribution in [0.4, 0.5) is 4.79 Å². The minimum atomic E-state index is -0.542. The molecule has 158 valence electrons. The fourth-order valence-corrected chi connectivity index (χ4v) is 3.21. The first-order valence-corrected chi connectivity index (χ1v) is 10.2. The van der Waals surface area contributed by atoms with Crippen molar-refractivity contribution in [2.45, 2.75) is 58.5 Å². The van der Waals surface area contributed by atoms with Crippen molar-refractivity contribution in [2.24, 2.45) is 0 Å². The van der Waals surface area contributed by atoms with Gasteiger partial charge in [-0.2, -0.15) is 0 Å². The van der Waals surface area contributed by atoms with Crippen molar-refractivity contribution in [3.63, 3.8) is 0 Å². The van der Waals surface area contributed by atoms with E-state index in [-0.39, 0.29) is 18.9 Å². The van der Waals surface area contributed by atoms with Gasteiger partial charge in [0.1, 0.15) is 11.4 Å². The van der Waals surface area contributed by atoms with E-state index in [1.807, 2.05) is 51.2 Å². The molecular weight excluding hydrogens is 370 g/mol. The minimum absolute atomic E-state index is 0.160. The van der Waals surface area contributed by atoms with E-state index in [0.29, 0.717) is 18.8 Å². The molecule has 1 atom stereocenters. The van der Waals surface area contributed by atoms with Crippen LogP contribution in [-0.4, -0.2) is 48.3 Å². The summed E-state index contributed by atoms with van der Waals surface area (Å²) in [7, 11) is 0. The van der Waals surface area contributed by atoms with E-state index in [2.05, 4.69) is 5.32 Å². The minimum Gasteiger partial charge on any atom is -0.465 e. The molecular formula is C22H31N3O4. The highest BCUT2D eigenvalue weighted by molar-refractivity contribution is 6.03. The van der Waals surface area contributed by atoms with Crippen molar-refractivity contribution in [3.8, 4) is 5.75 Å². The molecule has 2 aliphatic rings. The number of nitrogens with one attached hydrogen (secondary N) is 2. The first-order chi connectivity index (χ1) is 13.8. The summed E-state index contributed by atoms with van der Waals surface area (Å²) in [5.74, 6) is 0.800. The predicted octanol–water partition coefficient (Wildman–Crippen LogP) is 3.84. The lowest BCUT2D eigenvalue weighted by atomic mass is 10.2. The lowest BCUT2D eigenvalue weighted by Gasteiger charge is -2.23. The molecule has 7 nitrogen and oxygen atoms in total. The Bertz CT molecular complexity index is 764. The lowest BCUT2D eigenvalue weighted by Crippen LogP contribution is -2.35. The summed E-state index contributed by atoms with van der Waals surface area (Å²) in [5.41, 5.74) is 1.75. The van der Waals surface area contributed by atoms with Crippen molar-refractivity contribution in [2.75, 3.05) is 19.7 Å². The molecule has 29 heavy (non-hydrogen) atoms. The van der Waals surface area contributed by atoms with Gasteiger partial charge in [0.15, 0.2) is 6.29 Å². The summed E-state index contributed by atoms with van der Waals surface area (Å²) in [6.45, 7) is 7.52. The maximum atomic E-state index is 12.2. The Morgan fingerprint density at radius 2 is 2.17 bits per heavy atom. The molecule has 1 amide bonds. The van der Waals surface area contributed by atoms with E-state index in [9.17, 15) is 4.79 Å². The molecule has 7 heteroatoms. The normalized spacial score (nSPS) is 21.3. The second-order valence-electron chi connectivity index (χ2n) is 8.43. The summed E-state index contributed by atoms with van der Waals surface area (Å²) < 4.78 is 16.9. The summed E-state index contributed by atoms with van der Waals surface area (Å²) in [5, 5.41) is 11.4. The molecule has 1 unspecified atom stereocenters. The average Bonchev–Trinajstić information content (AvgIpc) is 3.03. The molecule has 1 aromatic rings. The van der Waals surface area contributed by atoms with Crippen molar-refractivity contribution in [1.29, 1.82) is 5.41 Å². The van der Waals surface area contributed by atoms with E-state index in [1.165, 1.54) is 0 Å². The molecule has 2 saturated heterocycles. The second kappa shape index (κ2) is 9.31. The van der Waals surface area contributed by atoms with Crippen molar-refractivity contribution in [1.82, 2.24) is 10.2 Å². The third-order valence-electron chi connectivity index (χ3n) is 4.64. The number of rotatable bonds is 5. The van der Waals surface area contributed by atoms with Crippen LogP contribution < -0.4 is 10.1 Å². The fraction of sp³-hybridized carbons (Fsp3) is 0.545. The van der Waals surface area contributed by atoms with Crippen LogP contribution in [0.5, 0.6) is 5.75 Å². The first kappa shape index (κ1) is 21.2. The second-order valence-corrected chi connectivity index (χ2v) is 8.43. The SMILES string of the molecule is CC(C)(C)OC(=O)N1CC(=N)/C(=C\NCc2cccc(OC3CCCCO3)c2)C1. The largest absolute Gasteiger partial charge is 0.465 e. The molecule has 0 aromatic heterocycles. The zero-order valence-corrected chi connectivity index (χ0v) is 17.5. The van der Waals surface area contributed by atoms with Crippen LogP contribution >= 0.6 is 0 Å². The standard InChI is InChI=1S/C22H31N3O4/c1-22(2,3)29-21(26)25-14-17(19(23)15-25)13-24-12-16-7-6-8-18(11-16)28-20-9-4-5-10-27-20/h6-8,11,13,20,23-24H,4-5,9-10,12,14-15H2,1-3H3/b17-13-,23-19?. The maximum Gasteiger partial charge on any atom is 0.410 e. The van der Waals surface area contributed by atoms with Crippen molar-refractivity contribution >= 4 is 11.8 Å². The molecule has 2 heterocycles. The van der Waals surface area contributed by atoms with Gasteiger partial charge in [0, 0.05) is 24.7 Å². The van der Waals surface area contributed by atoms with Crippen LogP contribution in [0.15, 0.2) is 36.0 Å². The van der Waals surface area contributed by atoms with Gasteiger partial charge in [-0.05, 0) is 51.3 Å². The maximum absolute atomic E-state index is 12.2. The highest BCUT2D eigenvalue weighted by Crippen LogP contribution is 2.20. The van der Waals surface area contributed by atoms with Crippen molar-refractivity contribution in [3.05, 3.63) is 41.6 Å². The highest BCUT2D eigenvalue weighted by atomic mass is 16.7.